The van der Waals surface area contributed by atoms with E-state index in [-0.39, 0.29) is 35.3 Å². The fourth-order valence-corrected chi connectivity index (χ4v) is 2.27. The number of allylic oxidation sites excluding steroid dienone is 1. The summed E-state index contributed by atoms with van der Waals surface area (Å²) in [4.78, 5) is 22.5. The van der Waals surface area contributed by atoms with Crippen molar-refractivity contribution in [2.24, 2.45) is 0 Å². The van der Waals surface area contributed by atoms with E-state index in [0.29, 0.717) is 6.42 Å². The van der Waals surface area contributed by atoms with Crippen molar-refractivity contribution >= 4 is 17.8 Å². The summed E-state index contributed by atoms with van der Waals surface area (Å²) in [5, 5.41) is 10.8. The van der Waals surface area contributed by atoms with Gasteiger partial charge in [0.05, 0.1) is 0 Å². The number of carboxylic acid groups (broad SMARTS) is 1. The molecular weight excluding hydrogens is 263 g/mol. The molecule has 0 N–H and O–H groups in total. The Morgan fingerprint density at radius 2 is 1.80 bits per heavy atom. The Morgan fingerprint density at radius 1 is 1.20 bits per heavy atom. The van der Waals surface area contributed by atoms with Gasteiger partial charge in [-0.05, 0) is 42.0 Å². The Morgan fingerprint density at radius 3 is 2.35 bits per heavy atom. The first-order valence-corrected chi connectivity index (χ1v) is 6.62. The van der Waals surface area contributed by atoms with Crippen LogP contribution in [-0.4, -0.2) is 11.8 Å². The number of Topliss-reactive ketones (excluding diaryl/α,β-unsaturated/α-hetero) is 1. The van der Waals surface area contributed by atoms with Gasteiger partial charge in [0.25, 0.3) is 0 Å². The standard InChI is InChI=1S/C16H18O3.Na/c1-11(16(18)19)13-8-6-12(7-9-13)10-14-4-2-3-5-15(14)17;/h6-11H,2-5H2,1H3,(H,18,19);/q;+1/p-1/b14-10-;. The van der Waals surface area contributed by atoms with Crippen molar-refractivity contribution in [1.82, 2.24) is 0 Å². The molecule has 1 saturated carbocycles. The van der Waals surface area contributed by atoms with Crippen LogP contribution in [0.4, 0.5) is 0 Å². The quantitative estimate of drug-likeness (QED) is 0.531. The molecule has 0 aliphatic heterocycles. The molecular formula is C16H17NaO3. The molecule has 0 spiro atoms. The van der Waals surface area contributed by atoms with Gasteiger partial charge in [0, 0.05) is 18.3 Å². The number of carbonyl (C=O) groups is 2. The van der Waals surface area contributed by atoms with Crippen molar-refractivity contribution in [3.63, 3.8) is 0 Å². The van der Waals surface area contributed by atoms with E-state index in [2.05, 4.69) is 0 Å². The van der Waals surface area contributed by atoms with Crippen LogP contribution in [-0.2, 0) is 9.59 Å². The van der Waals surface area contributed by atoms with Crippen LogP contribution in [0.25, 0.3) is 6.08 Å². The Kier molecular flexibility index (Phi) is 6.66. The number of carboxylic acids is 1. The van der Waals surface area contributed by atoms with Gasteiger partial charge in [0.15, 0.2) is 5.78 Å². The van der Waals surface area contributed by atoms with E-state index < -0.39 is 11.9 Å². The maximum Gasteiger partial charge on any atom is 1.00 e. The SMILES string of the molecule is CC(C(=O)[O-])c1ccc(/C=C2/CCCCC2=O)cc1.[Na+]. The van der Waals surface area contributed by atoms with Crippen LogP contribution < -0.4 is 34.7 Å². The third-order valence-corrected chi connectivity index (χ3v) is 3.59. The molecule has 1 unspecified atom stereocenters. The normalized spacial score (nSPS) is 18.4. The topological polar surface area (TPSA) is 57.2 Å². The van der Waals surface area contributed by atoms with Crippen molar-refractivity contribution in [3.05, 3.63) is 41.0 Å². The number of rotatable bonds is 3. The van der Waals surface area contributed by atoms with Gasteiger partial charge >= 0.3 is 29.6 Å². The van der Waals surface area contributed by atoms with Crippen LogP contribution in [0.5, 0.6) is 0 Å². The van der Waals surface area contributed by atoms with Gasteiger partial charge in [0.1, 0.15) is 0 Å². The minimum atomic E-state index is -1.08. The van der Waals surface area contributed by atoms with E-state index in [9.17, 15) is 14.7 Å². The van der Waals surface area contributed by atoms with Crippen LogP contribution in [0.3, 0.4) is 0 Å². The fraction of sp³-hybridized carbons (Fsp3) is 0.375. The molecule has 20 heavy (non-hydrogen) atoms. The Bertz CT molecular complexity index is 517. The van der Waals surface area contributed by atoms with Crippen molar-refractivity contribution in [1.29, 1.82) is 0 Å². The molecule has 1 fully saturated rings. The van der Waals surface area contributed by atoms with E-state index in [0.717, 1.165) is 36.0 Å². The van der Waals surface area contributed by atoms with Gasteiger partial charge in [0.2, 0.25) is 0 Å². The molecule has 0 heterocycles. The number of carbonyl (C=O) groups excluding carboxylic acids is 2. The third kappa shape index (κ3) is 4.30. The maximum atomic E-state index is 11.7. The van der Waals surface area contributed by atoms with Crippen LogP contribution >= 0.6 is 0 Å². The van der Waals surface area contributed by atoms with Gasteiger partial charge in [-0.1, -0.05) is 31.2 Å². The summed E-state index contributed by atoms with van der Waals surface area (Å²) in [5.74, 6) is -1.45. The number of hydrogen-bond acceptors (Lipinski definition) is 3. The zero-order chi connectivity index (χ0) is 13.8. The summed E-state index contributed by atoms with van der Waals surface area (Å²) >= 11 is 0. The van der Waals surface area contributed by atoms with Crippen molar-refractivity contribution in [3.8, 4) is 0 Å². The molecule has 0 bridgehead atoms. The second-order valence-electron chi connectivity index (χ2n) is 5.01. The van der Waals surface area contributed by atoms with E-state index >= 15 is 0 Å². The Hall–Kier alpha value is -0.900. The largest absolute Gasteiger partial charge is 1.00 e. The summed E-state index contributed by atoms with van der Waals surface area (Å²) in [6.07, 6.45) is 5.45. The maximum absolute atomic E-state index is 11.7. The van der Waals surface area contributed by atoms with Crippen LogP contribution in [0, 0.1) is 0 Å². The van der Waals surface area contributed by atoms with Crippen LogP contribution in [0.1, 0.15) is 49.7 Å². The van der Waals surface area contributed by atoms with Crippen molar-refractivity contribution in [2.45, 2.75) is 38.5 Å². The zero-order valence-electron chi connectivity index (χ0n) is 12.0. The van der Waals surface area contributed by atoms with E-state index in [1.807, 2.05) is 18.2 Å². The van der Waals surface area contributed by atoms with Crippen LogP contribution in [0.2, 0.25) is 0 Å². The first-order chi connectivity index (χ1) is 9.08. The molecule has 0 aromatic heterocycles. The van der Waals surface area contributed by atoms with E-state index in [4.69, 9.17) is 0 Å². The summed E-state index contributed by atoms with van der Waals surface area (Å²) in [6.45, 7) is 1.60. The predicted octanol–water partition coefficient (Wildman–Crippen LogP) is -0.929. The Balaban J connectivity index is 0.00000200. The Labute approximate surface area is 141 Å². The number of hydrogen-bond donors (Lipinski definition) is 0. The number of aliphatic carboxylic acids is 1. The van der Waals surface area contributed by atoms with Crippen LogP contribution in [0.15, 0.2) is 29.8 Å². The minimum absolute atomic E-state index is 0. The molecule has 1 aliphatic carbocycles. The first kappa shape index (κ1) is 17.2. The molecule has 100 valence electrons. The van der Waals surface area contributed by atoms with Gasteiger partial charge in [-0.25, -0.2) is 0 Å². The first-order valence-electron chi connectivity index (χ1n) is 6.62. The summed E-state index contributed by atoms with van der Waals surface area (Å²) < 4.78 is 0. The molecule has 0 saturated heterocycles. The zero-order valence-corrected chi connectivity index (χ0v) is 14.0. The minimum Gasteiger partial charge on any atom is -0.550 e. The third-order valence-electron chi connectivity index (χ3n) is 3.59. The predicted molar refractivity (Wildman–Crippen MR) is 71.3 cm³/mol. The molecule has 0 radical (unpaired) electrons. The summed E-state index contributed by atoms with van der Waals surface area (Å²) in [6, 6.07) is 7.26. The van der Waals surface area contributed by atoms with Gasteiger partial charge in [-0.2, -0.15) is 0 Å². The van der Waals surface area contributed by atoms with E-state index in [1.165, 1.54) is 0 Å². The fourth-order valence-electron chi connectivity index (χ4n) is 2.27. The molecule has 1 atom stereocenters. The average Bonchev–Trinajstić information content (AvgIpc) is 2.41. The van der Waals surface area contributed by atoms with Gasteiger partial charge < -0.3 is 9.90 Å². The molecule has 1 aromatic rings. The molecule has 4 heteroatoms. The van der Waals surface area contributed by atoms with E-state index in [1.54, 1.807) is 19.1 Å². The van der Waals surface area contributed by atoms with Crippen molar-refractivity contribution in [2.75, 3.05) is 0 Å². The second kappa shape index (κ2) is 7.77. The molecule has 3 nitrogen and oxygen atoms in total. The summed E-state index contributed by atoms with van der Waals surface area (Å²) in [5.41, 5.74) is 2.55. The van der Waals surface area contributed by atoms with Gasteiger partial charge in [-0.3, -0.25) is 4.79 Å². The molecule has 1 aromatic carbocycles. The van der Waals surface area contributed by atoms with Gasteiger partial charge in [-0.15, -0.1) is 0 Å². The summed E-state index contributed by atoms with van der Waals surface area (Å²) in [7, 11) is 0. The molecule has 2 rings (SSSR count). The van der Waals surface area contributed by atoms with Crippen molar-refractivity contribution < 1.29 is 44.3 Å². The molecule has 1 aliphatic rings. The monoisotopic (exact) mass is 280 g/mol. The average molecular weight is 280 g/mol. The second-order valence-corrected chi connectivity index (χ2v) is 5.01. The number of ketones is 1. The molecule has 0 amide bonds. The number of benzene rings is 1. The smallest absolute Gasteiger partial charge is 0.550 e.